The van der Waals surface area contributed by atoms with Crippen molar-refractivity contribution in [2.45, 2.75) is 0 Å². The second-order valence-electron chi connectivity index (χ2n) is 4.86. The van der Waals surface area contributed by atoms with Crippen LogP contribution in [0.2, 0.25) is 0 Å². The van der Waals surface area contributed by atoms with Crippen LogP contribution < -0.4 is 0 Å². The van der Waals surface area contributed by atoms with E-state index in [0.717, 1.165) is 24.3 Å². The van der Waals surface area contributed by atoms with Crippen LogP contribution in [-0.2, 0) is 0 Å². The minimum atomic E-state index is -1.75. The molecule has 0 amide bonds. The molecule has 5 N–H and O–H groups in total. The molecule has 0 atom stereocenters. The smallest absolute Gasteiger partial charge is 0.339 e. The molecule has 9 nitrogen and oxygen atoms in total. The van der Waals surface area contributed by atoms with E-state index in [1.165, 1.54) is 6.07 Å². The molecule has 0 unspecified atom stereocenters. The molecule has 0 heterocycles. The molecule has 2 rings (SSSR count). The summed E-state index contributed by atoms with van der Waals surface area (Å²) in [5.74, 6) is -7.11. The van der Waals surface area contributed by atoms with E-state index in [9.17, 15) is 34.5 Å². The topological polar surface area (TPSA) is 169 Å². The van der Waals surface area contributed by atoms with Gasteiger partial charge in [0, 0.05) is 0 Å². The summed E-state index contributed by atoms with van der Waals surface area (Å²) in [7, 11) is 0. The highest BCUT2D eigenvalue weighted by Gasteiger charge is 2.27. The van der Waals surface area contributed by atoms with E-state index >= 15 is 0 Å². The van der Waals surface area contributed by atoms with Crippen LogP contribution in [0, 0.1) is 0 Å². The third kappa shape index (κ3) is 3.11. The Labute approximate surface area is 139 Å². The molecule has 0 spiro atoms. The van der Waals surface area contributed by atoms with E-state index in [1.54, 1.807) is 0 Å². The van der Waals surface area contributed by atoms with Gasteiger partial charge in [0.05, 0.1) is 16.7 Å². The summed E-state index contributed by atoms with van der Waals surface area (Å²) in [5, 5.41) is 46.3. The largest absolute Gasteiger partial charge is 0.507 e. The van der Waals surface area contributed by atoms with Crippen LogP contribution in [0.1, 0.15) is 41.4 Å². The van der Waals surface area contributed by atoms with Crippen LogP contribution in [0.15, 0.2) is 30.3 Å². The van der Waals surface area contributed by atoms with Gasteiger partial charge in [0.25, 0.3) is 0 Å². The van der Waals surface area contributed by atoms with Crippen LogP contribution in [0.5, 0.6) is 5.75 Å². The number of hydrogen-bond acceptors (Lipinski definition) is 5. The molecule has 0 aromatic heterocycles. The van der Waals surface area contributed by atoms with Crippen molar-refractivity contribution in [1.29, 1.82) is 0 Å². The highest BCUT2D eigenvalue weighted by molar-refractivity contribution is 6.12. The van der Waals surface area contributed by atoms with Crippen LogP contribution in [0.25, 0.3) is 11.1 Å². The zero-order valence-electron chi connectivity index (χ0n) is 12.3. The predicted octanol–water partition coefficient (Wildman–Crippen LogP) is 1.85. The summed E-state index contributed by atoms with van der Waals surface area (Å²) in [6.07, 6.45) is 0. The first-order valence-electron chi connectivity index (χ1n) is 6.58. The molecule has 0 saturated carbocycles. The first kappa shape index (κ1) is 17.5. The number of carboxylic acid groups (broad SMARTS) is 4. The molecule has 128 valence electrons. The molecule has 0 aliphatic rings. The maximum Gasteiger partial charge on any atom is 0.339 e. The molecule has 25 heavy (non-hydrogen) atoms. The van der Waals surface area contributed by atoms with Gasteiger partial charge >= 0.3 is 23.9 Å². The molecule has 2 aromatic carbocycles. The van der Waals surface area contributed by atoms with E-state index in [2.05, 4.69) is 0 Å². The Hall–Kier alpha value is -3.88. The lowest BCUT2D eigenvalue weighted by Gasteiger charge is -2.12. The quantitative estimate of drug-likeness (QED) is 0.542. The number of rotatable bonds is 5. The summed E-state index contributed by atoms with van der Waals surface area (Å²) in [4.78, 5) is 45.0. The molecule has 0 aliphatic carbocycles. The van der Waals surface area contributed by atoms with Gasteiger partial charge in [-0.15, -0.1) is 0 Å². The Kier molecular flexibility index (Phi) is 4.42. The zero-order valence-corrected chi connectivity index (χ0v) is 12.3. The predicted molar refractivity (Wildman–Crippen MR) is 81.4 cm³/mol. The van der Waals surface area contributed by atoms with Crippen molar-refractivity contribution in [3.63, 3.8) is 0 Å². The van der Waals surface area contributed by atoms with Gasteiger partial charge < -0.3 is 25.5 Å². The summed E-state index contributed by atoms with van der Waals surface area (Å²) in [5.41, 5.74) is -3.00. The maximum absolute atomic E-state index is 11.5. The van der Waals surface area contributed by atoms with Crippen molar-refractivity contribution >= 4 is 23.9 Å². The summed E-state index contributed by atoms with van der Waals surface area (Å²) < 4.78 is 0. The Bertz CT molecular complexity index is 927. The number of phenols is 1. The molecule has 0 bridgehead atoms. The van der Waals surface area contributed by atoms with Crippen molar-refractivity contribution < 1.29 is 44.7 Å². The van der Waals surface area contributed by atoms with Gasteiger partial charge in [-0.1, -0.05) is 12.1 Å². The van der Waals surface area contributed by atoms with Crippen molar-refractivity contribution in [3.05, 3.63) is 52.6 Å². The van der Waals surface area contributed by atoms with Gasteiger partial charge in [-0.3, -0.25) is 0 Å². The van der Waals surface area contributed by atoms with E-state index in [0.29, 0.717) is 0 Å². The molecule has 0 saturated heterocycles. The first-order chi connectivity index (χ1) is 11.6. The van der Waals surface area contributed by atoms with Crippen molar-refractivity contribution in [3.8, 4) is 16.9 Å². The van der Waals surface area contributed by atoms with E-state index in [4.69, 9.17) is 10.2 Å². The molecule has 0 fully saturated rings. The Morgan fingerprint density at radius 1 is 0.640 bits per heavy atom. The van der Waals surface area contributed by atoms with E-state index in [-0.39, 0.29) is 11.1 Å². The Morgan fingerprint density at radius 2 is 1.16 bits per heavy atom. The van der Waals surface area contributed by atoms with Gasteiger partial charge in [-0.25, -0.2) is 19.2 Å². The van der Waals surface area contributed by atoms with Gasteiger partial charge in [0.1, 0.15) is 11.3 Å². The normalized spacial score (nSPS) is 10.2. The van der Waals surface area contributed by atoms with E-state index < -0.39 is 51.9 Å². The standard InChI is InChI=1S/C16H10O9/c17-10-5-6(1-2-8(10)13(18)19)7-3-4-9(14(20)21)12(16(24)25)11(7)15(22)23/h1-5,17H,(H,18,19)(H,20,21)(H,22,23)(H,24,25). The van der Waals surface area contributed by atoms with Crippen LogP contribution in [0.4, 0.5) is 0 Å². The lowest BCUT2D eigenvalue weighted by Crippen LogP contribution is -2.16. The maximum atomic E-state index is 11.5. The second-order valence-corrected chi connectivity index (χ2v) is 4.86. The molecular formula is C16H10O9. The highest BCUT2D eigenvalue weighted by Crippen LogP contribution is 2.32. The number of carbonyl (C=O) groups is 4. The lowest BCUT2D eigenvalue weighted by molar-refractivity contribution is 0.0633. The van der Waals surface area contributed by atoms with Gasteiger partial charge in [-0.05, 0) is 29.3 Å². The number of benzene rings is 2. The minimum absolute atomic E-state index is 0.0133. The van der Waals surface area contributed by atoms with Gasteiger partial charge in [0.15, 0.2) is 0 Å². The fraction of sp³-hybridized carbons (Fsp3) is 0. The summed E-state index contributed by atoms with van der Waals surface area (Å²) in [6, 6.07) is 5.16. The molecule has 0 radical (unpaired) electrons. The van der Waals surface area contributed by atoms with Gasteiger partial charge in [-0.2, -0.15) is 0 Å². The number of carboxylic acids is 4. The number of hydrogen-bond donors (Lipinski definition) is 5. The number of aromatic carboxylic acids is 4. The van der Waals surface area contributed by atoms with Crippen molar-refractivity contribution in [1.82, 2.24) is 0 Å². The van der Waals surface area contributed by atoms with Gasteiger partial charge in [0.2, 0.25) is 0 Å². The van der Waals surface area contributed by atoms with Crippen molar-refractivity contribution in [2.24, 2.45) is 0 Å². The fourth-order valence-corrected chi connectivity index (χ4v) is 2.35. The van der Waals surface area contributed by atoms with Crippen LogP contribution in [0.3, 0.4) is 0 Å². The Morgan fingerprint density at radius 3 is 1.60 bits per heavy atom. The molecular weight excluding hydrogens is 336 g/mol. The molecule has 0 aliphatic heterocycles. The third-order valence-corrected chi connectivity index (χ3v) is 3.40. The fourth-order valence-electron chi connectivity index (χ4n) is 2.35. The average molecular weight is 346 g/mol. The monoisotopic (exact) mass is 346 g/mol. The molecule has 2 aromatic rings. The first-order valence-corrected chi connectivity index (χ1v) is 6.58. The summed E-state index contributed by atoms with van der Waals surface area (Å²) >= 11 is 0. The number of aromatic hydroxyl groups is 1. The van der Waals surface area contributed by atoms with E-state index in [1.807, 2.05) is 0 Å². The molecule has 9 heteroatoms. The zero-order chi connectivity index (χ0) is 18.9. The lowest BCUT2D eigenvalue weighted by atomic mass is 9.91. The summed E-state index contributed by atoms with van der Waals surface area (Å²) in [6.45, 7) is 0. The third-order valence-electron chi connectivity index (χ3n) is 3.40. The van der Waals surface area contributed by atoms with Crippen molar-refractivity contribution in [2.75, 3.05) is 0 Å². The van der Waals surface area contributed by atoms with Crippen LogP contribution >= 0.6 is 0 Å². The van der Waals surface area contributed by atoms with Crippen LogP contribution in [-0.4, -0.2) is 49.4 Å². The SMILES string of the molecule is O=C(O)c1ccc(-c2ccc(C(=O)O)c(C(=O)O)c2C(=O)O)cc1O. The second kappa shape index (κ2) is 6.32. The minimum Gasteiger partial charge on any atom is -0.507 e. The average Bonchev–Trinajstić information content (AvgIpc) is 2.52. The Balaban J connectivity index is 2.83. The highest BCUT2D eigenvalue weighted by atomic mass is 16.4.